The molecule has 0 aromatic heterocycles. The fourth-order valence-corrected chi connectivity index (χ4v) is 2.97. The Morgan fingerprint density at radius 1 is 1.32 bits per heavy atom. The zero-order valence-corrected chi connectivity index (χ0v) is 11.2. The zero-order valence-electron chi connectivity index (χ0n) is 11.2. The van der Waals surface area contributed by atoms with Crippen LogP contribution in [-0.2, 0) is 11.2 Å². The summed E-state index contributed by atoms with van der Waals surface area (Å²) in [5.74, 6) is 1.65. The monoisotopic (exact) mass is 262 g/mol. The average Bonchev–Trinajstić information content (AvgIpc) is 2.45. The number of anilines is 1. The van der Waals surface area contributed by atoms with Gasteiger partial charge in [0.2, 0.25) is 5.91 Å². The van der Waals surface area contributed by atoms with Crippen molar-refractivity contribution in [3.8, 4) is 11.5 Å². The molecule has 1 unspecified atom stereocenters. The summed E-state index contributed by atoms with van der Waals surface area (Å²) in [6, 6.07) is 4.06. The van der Waals surface area contributed by atoms with E-state index in [9.17, 15) is 4.79 Å². The van der Waals surface area contributed by atoms with Crippen molar-refractivity contribution < 1.29 is 14.3 Å². The second kappa shape index (κ2) is 4.74. The van der Waals surface area contributed by atoms with Crippen molar-refractivity contribution in [3.05, 3.63) is 17.7 Å². The number of fused-ring (bicyclic) bond motifs is 3. The maximum atomic E-state index is 12.2. The summed E-state index contributed by atoms with van der Waals surface area (Å²) < 4.78 is 10.7. The summed E-state index contributed by atoms with van der Waals surface area (Å²) in [5, 5.41) is 3.17. The van der Waals surface area contributed by atoms with Crippen molar-refractivity contribution in [1.82, 2.24) is 5.32 Å². The summed E-state index contributed by atoms with van der Waals surface area (Å²) in [6.45, 7) is 1.25. The average molecular weight is 262 g/mol. The van der Waals surface area contributed by atoms with Crippen LogP contribution in [0.1, 0.15) is 12.0 Å². The minimum absolute atomic E-state index is 0.118. The molecule has 0 bridgehead atoms. The molecule has 0 saturated carbocycles. The quantitative estimate of drug-likeness (QED) is 0.862. The van der Waals surface area contributed by atoms with E-state index in [4.69, 9.17) is 9.47 Å². The Morgan fingerprint density at radius 3 is 2.89 bits per heavy atom. The van der Waals surface area contributed by atoms with Gasteiger partial charge >= 0.3 is 0 Å². The third-order valence-electron chi connectivity index (χ3n) is 3.89. The molecule has 1 fully saturated rings. The van der Waals surface area contributed by atoms with Gasteiger partial charge < -0.3 is 19.7 Å². The van der Waals surface area contributed by atoms with Crippen molar-refractivity contribution in [1.29, 1.82) is 0 Å². The molecule has 0 spiro atoms. The molecule has 1 amide bonds. The van der Waals surface area contributed by atoms with E-state index in [-0.39, 0.29) is 11.9 Å². The maximum absolute atomic E-state index is 12.2. The summed E-state index contributed by atoms with van der Waals surface area (Å²) in [7, 11) is 3.28. The number of carbonyl (C=O) groups excluding carboxylic acids is 1. The predicted octanol–water partition coefficient (Wildman–Crippen LogP) is 0.955. The van der Waals surface area contributed by atoms with Crippen molar-refractivity contribution >= 4 is 11.6 Å². The van der Waals surface area contributed by atoms with Crippen LogP contribution in [0, 0.1) is 0 Å². The highest BCUT2D eigenvalue weighted by Gasteiger charge is 2.35. The number of piperazine rings is 1. The molecule has 2 aliphatic heterocycles. The van der Waals surface area contributed by atoms with Gasteiger partial charge in [-0.25, -0.2) is 0 Å². The standard InChI is InChI=1S/C14H18N2O3/c1-18-10-5-12-11(13(6-10)19-2)4-3-9-7-15-8-14(17)16(9)12/h5-6,9,15H,3-4,7-8H2,1-2H3. The molecule has 19 heavy (non-hydrogen) atoms. The fraction of sp³-hybridized carbons (Fsp3) is 0.500. The number of hydrogen-bond acceptors (Lipinski definition) is 4. The van der Waals surface area contributed by atoms with E-state index in [0.717, 1.165) is 42.1 Å². The van der Waals surface area contributed by atoms with E-state index in [2.05, 4.69) is 5.32 Å². The Morgan fingerprint density at radius 2 is 2.16 bits per heavy atom. The topological polar surface area (TPSA) is 50.8 Å². The first kappa shape index (κ1) is 12.3. The lowest BCUT2D eigenvalue weighted by atomic mass is 9.93. The molecule has 0 aliphatic carbocycles. The number of hydrogen-bond donors (Lipinski definition) is 1. The van der Waals surface area contributed by atoms with Crippen LogP contribution < -0.4 is 19.7 Å². The number of nitrogens with zero attached hydrogens (tertiary/aromatic N) is 1. The minimum Gasteiger partial charge on any atom is -0.497 e. The van der Waals surface area contributed by atoms with Crippen LogP contribution in [0.4, 0.5) is 5.69 Å². The van der Waals surface area contributed by atoms with Crippen molar-refractivity contribution in [2.45, 2.75) is 18.9 Å². The normalized spacial score (nSPS) is 21.7. The largest absolute Gasteiger partial charge is 0.497 e. The smallest absolute Gasteiger partial charge is 0.241 e. The van der Waals surface area contributed by atoms with Gasteiger partial charge in [0.25, 0.3) is 0 Å². The van der Waals surface area contributed by atoms with Crippen molar-refractivity contribution in [2.75, 3.05) is 32.2 Å². The van der Waals surface area contributed by atoms with Gasteiger partial charge in [-0.15, -0.1) is 0 Å². The number of methoxy groups -OCH3 is 2. The van der Waals surface area contributed by atoms with Crippen LogP contribution in [0.25, 0.3) is 0 Å². The van der Waals surface area contributed by atoms with Crippen LogP contribution in [-0.4, -0.2) is 39.3 Å². The van der Waals surface area contributed by atoms with Crippen LogP contribution in [0.3, 0.4) is 0 Å². The lowest BCUT2D eigenvalue weighted by Crippen LogP contribution is -2.56. The van der Waals surface area contributed by atoms with Gasteiger partial charge in [-0.1, -0.05) is 0 Å². The number of ether oxygens (including phenoxy) is 2. The second-order valence-electron chi connectivity index (χ2n) is 4.91. The molecule has 102 valence electrons. The molecule has 2 heterocycles. The van der Waals surface area contributed by atoms with Crippen LogP contribution in [0.15, 0.2) is 12.1 Å². The molecule has 3 rings (SSSR count). The number of nitrogens with one attached hydrogen (secondary N) is 1. The molecule has 1 atom stereocenters. The summed E-state index contributed by atoms with van der Waals surface area (Å²) in [5.41, 5.74) is 2.05. The van der Waals surface area contributed by atoms with E-state index in [1.165, 1.54) is 0 Å². The lowest BCUT2D eigenvalue weighted by molar-refractivity contribution is -0.119. The van der Waals surface area contributed by atoms with E-state index >= 15 is 0 Å². The number of carbonyl (C=O) groups is 1. The molecule has 0 radical (unpaired) electrons. The number of amides is 1. The Kier molecular flexibility index (Phi) is 3.06. The van der Waals surface area contributed by atoms with Gasteiger partial charge in [-0.2, -0.15) is 0 Å². The molecule has 5 nitrogen and oxygen atoms in total. The fourth-order valence-electron chi connectivity index (χ4n) is 2.97. The first-order valence-electron chi connectivity index (χ1n) is 6.52. The summed E-state index contributed by atoms with van der Waals surface area (Å²) >= 11 is 0. The SMILES string of the molecule is COc1cc(OC)c2c(c1)N1C(=O)CNCC1CC2. The lowest BCUT2D eigenvalue weighted by Gasteiger charge is -2.41. The zero-order chi connectivity index (χ0) is 13.4. The number of rotatable bonds is 2. The van der Waals surface area contributed by atoms with Gasteiger partial charge in [0.1, 0.15) is 11.5 Å². The molecule has 1 N–H and O–H groups in total. The van der Waals surface area contributed by atoms with Gasteiger partial charge in [-0.3, -0.25) is 4.79 Å². The first-order valence-corrected chi connectivity index (χ1v) is 6.52. The highest BCUT2D eigenvalue weighted by molar-refractivity contribution is 5.98. The summed E-state index contributed by atoms with van der Waals surface area (Å²) in [4.78, 5) is 14.1. The number of benzene rings is 1. The van der Waals surface area contributed by atoms with Gasteiger partial charge in [0, 0.05) is 30.3 Å². The second-order valence-corrected chi connectivity index (χ2v) is 4.91. The third-order valence-corrected chi connectivity index (χ3v) is 3.89. The molecular formula is C14H18N2O3. The highest BCUT2D eigenvalue weighted by Crippen LogP contribution is 2.40. The minimum atomic E-state index is 0.118. The Balaban J connectivity index is 2.11. The first-order chi connectivity index (χ1) is 9.24. The van der Waals surface area contributed by atoms with Gasteiger partial charge in [0.05, 0.1) is 26.5 Å². The van der Waals surface area contributed by atoms with Crippen molar-refractivity contribution in [2.24, 2.45) is 0 Å². The predicted molar refractivity (Wildman–Crippen MR) is 72.0 cm³/mol. The molecule has 2 aliphatic rings. The Bertz CT molecular complexity index is 516. The van der Waals surface area contributed by atoms with E-state index < -0.39 is 0 Å². The molecule has 1 aromatic rings. The molecule has 5 heteroatoms. The van der Waals surface area contributed by atoms with Gasteiger partial charge in [-0.05, 0) is 12.8 Å². The highest BCUT2D eigenvalue weighted by atomic mass is 16.5. The van der Waals surface area contributed by atoms with Crippen LogP contribution in [0.2, 0.25) is 0 Å². The van der Waals surface area contributed by atoms with E-state index in [1.54, 1.807) is 14.2 Å². The molecule has 1 aromatic carbocycles. The van der Waals surface area contributed by atoms with Gasteiger partial charge in [0.15, 0.2) is 0 Å². The Hall–Kier alpha value is -1.75. The maximum Gasteiger partial charge on any atom is 0.241 e. The van der Waals surface area contributed by atoms with Crippen molar-refractivity contribution in [3.63, 3.8) is 0 Å². The van der Waals surface area contributed by atoms with E-state index in [1.807, 2.05) is 17.0 Å². The van der Waals surface area contributed by atoms with E-state index in [0.29, 0.717) is 6.54 Å². The molecule has 1 saturated heterocycles. The van der Waals surface area contributed by atoms with Crippen LogP contribution >= 0.6 is 0 Å². The molecular weight excluding hydrogens is 244 g/mol. The van der Waals surface area contributed by atoms with Crippen LogP contribution in [0.5, 0.6) is 11.5 Å². The Labute approximate surface area is 112 Å². The third kappa shape index (κ3) is 1.94. The summed E-state index contributed by atoms with van der Waals surface area (Å²) in [6.07, 6.45) is 1.90.